The maximum Gasteiger partial charge on any atom is 0.144 e. The van der Waals surface area contributed by atoms with Gasteiger partial charge in [-0.1, -0.05) is 30.3 Å². The molecule has 0 aliphatic carbocycles. The van der Waals surface area contributed by atoms with Gasteiger partial charge in [0.15, 0.2) is 0 Å². The van der Waals surface area contributed by atoms with Crippen LogP contribution in [0.25, 0.3) is 16.9 Å². The molecule has 0 aliphatic heterocycles. The summed E-state index contributed by atoms with van der Waals surface area (Å²) in [6, 6.07) is 14.2. The maximum atomic E-state index is 4.46. The molecule has 0 saturated carbocycles. The monoisotopic (exact) mass is 272 g/mol. The summed E-state index contributed by atoms with van der Waals surface area (Å²) in [4.78, 5) is 4.46. The molecule has 2 nitrogen and oxygen atoms in total. The molecule has 0 bridgehead atoms. The fourth-order valence-electron chi connectivity index (χ4n) is 1.79. The molecule has 1 aromatic carbocycles. The molecular formula is C13H9BrN2. The molecule has 0 spiro atoms. The van der Waals surface area contributed by atoms with Crippen molar-refractivity contribution >= 4 is 21.4 Å². The van der Waals surface area contributed by atoms with E-state index >= 15 is 0 Å². The van der Waals surface area contributed by atoms with Gasteiger partial charge in [-0.3, -0.25) is 4.40 Å². The van der Waals surface area contributed by atoms with Gasteiger partial charge in [0.1, 0.15) is 5.82 Å². The normalized spacial score (nSPS) is 10.8. The Labute approximate surface area is 102 Å². The highest BCUT2D eigenvalue weighted by molar-refractivity contribution is 9.10. The van der Waals surface area contributed by atoms with Crippen LogP contribution in [-0.4, -0.2) is 9.38 Å². The summed E-state index contributed by atoms with van der Waals surface area (Å²) < 4.78 is 3.14. The second-order valence-electron chi connectivity index (χ2n) is 3.56. The molecule has 2 heterocycles. The first kappa shape index (κ1) is 9.60. The number of imidazole rings is 1. The number of fused-ring (bicyclic) bond motifs is 1. The average Bonchev–Trinajstić information content (AvgIpc) is 2.75. The Morgan fingerprint density at radius 2 is 1.81 bits per heavy atom. The van der Waals surface area contributed by atoms with E-state index in [4.69, 9.17) is 0 Å². The van der Waals surface area contributed by atoms with Gasteiger partial charge in [0.2, 0.25) is 0 Å². The molecule has 0 radical (unpaired) electrons. The van der Waals surface area contributed by atoms with Crippen LogP contribution < -0.4 is 0 Å². The van der Waals surface area contributed by atoms with Crippen molar-refractivity contribution in [2.75, 3.05) is 0 Å². The molecule has 0 N–H and O–H groups in total. The van der Waals surface area contributed by atoms with Crippen LogP contribution in [0.15, 0.2) is 59.3 Å². The molecule has 3 rings (SSSR count). The minimum absolute atomic E-state index is 0.969. The van der Waals surface area contributed by atoms with E-state index in [1.165, 1.54) is 0 Å². The lowest BCUT2D eigenvalue weighted by molar-refractivity contribution is 1.16. The highest BCUT2D eigenvalue weighted by Gasteiger charge is 2.06. The predicted molar refractivity (Wildman–Crippen MR) is 68.3 cm³/mol. The zero-order valence-corrected chi connectivity index (χ0v) is 10.1. The topological polar surface area (TPSA) is 17.3 Å². The molecule has 0 atom stereocenters. The number of rotatable bonds is 1. The number of pyridine rings is 1. The van der Waals surface area contributed by atoms with Gasteiger partial charge in [-0.15, -0.1) is 0 Å². The summed E-state index contributed by atoms with van der Waals surface area (Å²) in [7, 11) is 0. The minimum atomic E-state index is 0.969. The van der Waals surface area contributed by atoms with E-state index in [-0.39, 0.29) is 0 Å². The Morgan fingerprint density at radius 1 is 1.00 bits per heavy atom. The first-order chi connectivity index (χ1) is 7.86. The lowest BCUT2D eigenvalue weighted by atomic mass is 10.2. The van der Waals surface area contributed by atoms with Crippen LogP contribution in [-0.2, 0) is 0 Å². The summed E-state index contributed by atoms with van der Waals surface area (Å²) in [5.74, 6) is 0.969. The van der Waals surface area contributed by atoms with E-state index in [0.717, 1.165) is 21.4 Å². The van der Waals surface area contributed by atoms with Crippen molar-refractivity contribution in [3.63, 3.8) is 0 Å². The SMILES string of the molecule is Brc1cccn2c(-c3ccccc3)ncc12. The van der Waals surface area contributed by atoms with Gasteiger partial charge < -0.3 is 0 Å². The Balaban J connectivity index is 2.30. The fraction of sp³-hybridized carbons (Fsp3) is 0. The van der Waals surface area contributed by atoms with Gasteiger partial charge in [0.25, 0.3) is 0 Å². The molecule has 0 unspecified atom stereocenters. The molecule has 78 valence electrons. The van der Waals surface area contributed by atoms with Crippen molar-refractivity contribution in [2.45, 2.75) is 0 Å². The van der Waals surface area contributed by atoms with Crippen molar-refractivity contribution < 1.29 is 0 Å². The highest BCUT2D eigenvalue weighted by atomic mass is 79.9. The zero-order valence-electron chi connectivity index (χ0n) is 8.47. The molecule has 0 amide bonds. The Kier molecular flexibility index (Phi) is 2.26. The summed E-state index contributed by atoms with van der Waals surface area (Å²) in [5, 5.41) is 0. The van der Waals surface area contributed by atoms with E-state index < -0.39 is 0 Å². The molecular weight excluding hydrogens is 264 g/mol. The zero-order chi connectivity index (χ0) is 11.0. The maximum absolute atomic E-state index is 4.46. The second kappa shape index (κ2) is 3.76. The third-order valence-corrected chi connectivity index (χ3v) is 3.22. The number of aromatic nitrogens is 2. The van der Waals surface area contributed by atoms with Crippen LogP contribution >= 0.6 is 15.9 Å². The van der Waals surface area contributed by atoms with Crippen molar-refractivity contribution in [1.29, 1.82) is 0 Å². The largest absolute Gasteiger partial charge is 0.299 e. The van der Waals surface area contributed by atoms with Crippen LogP contribution in [0.1, 0.15) is 0 Å². The summed E-state index contributed by atoms with van der Waals surface area (Å²) >= 11 is 3.52. The number of halogens is 1. The third kappa shape index (κ3) is 1.44. The van der Waals surface area contributed by atoms with E-state index in [1.54, 1.807) is 0 Å². The van der Waals surface area contributed by atoms with Gasteiger partial charge in [-0.25, -0.2) is 4.98 Å². The molecule has 3 heteroatoms. The Bertz CT molecular complexity index is 629. The molecule has 2 aromatic heterocycles. The number of nitrogens with zero attached hydrogens (tertiary/aromatic N) is 2. The van der Waals surface area contributed by atoms with Gasteiger partial charge in [-0.05, 0) is 28.1 Å². The molecule has 3 aromatic rings. The van der Waals surface area contributed by atoms with Crippen LogP contribution in [0.4, 0.5) is 0 Å². The highest BCUT2D eigenvalue weighted by Crippen LogP contribution is 2.23. The second-order valence-corrected chi connectivity index (χ2v) is 4.41. The number of hydrogen-bond donors (Lipinski definition) is 0. The van der Waals surface area contributed by atoms with Gasteiger partial charge in [0, 0.05) is 16.2 Å². The van der Waals surface area contributed by atoms with Gasteiger partial charge in [-0.2, -0.15) is 0 Å². The number of benzene rings is 1. The van der Waals surface area contributed by atoms with Crippen LogP contribution in [0.5, 0.6) is 0 Å². The first-order valence-electron chi connectivity index (χ1n) is 5.03. The summed E-state index contributed by atoms with van der Waals surface area (Å²) in [6.45, 7) is 0. The molecule has 0 saturated heterocycles. The van der Waals surface area contributed by atoms with E-state index in [2.05, 4.69) is 37.4 Å². The minimum Gasteiger partial charge on any atom is -0.299 e. The fourth-order valence-corrected chi connectivity index (χ4v) is 2.23. The van der Waals surface area contributed by atoms with Gasteiger partial charge in [0.05, 0.1) is 11.7 Å². The van der Waals surface area contributed by atoms with Crippen LogP contribution in [0, 0.1) is 0 Å². The first-order valence-corrected chi connectivity index (χ1v) is 5.82. The lowest BCUT2D eigenvalue weighted by Gasteiger charge is -2.01. The van der Waals surface area contributed by atoms with Crippen molar-refractivity contribution in [3.05, 3.63) is 59.3 Å². The molecule has 0 fully saturated rings. The Morgan fingerprint density at radius 3 is 2.62 bits per heavy atom. The predicted octanol–water partition coefficient (Wildman–Crippen LogP) is 3.76. The van der Waals surface area contributed by atoms with E-state index in [0.29, 0.717) is 0 Å². The molecule has 16 heavy (non-hydrogen) atoms. The smallest absolute Gasteiger partial charge is 0.144 e. The van der Waals surface area contributed by atoms with E-state index in [1.807, 2.05) is 42.7 Å². The van der Waals surface area contributed by atoms with Crippen LogP contribution in [0.2, 0.25) is 0 Å². The Hall–Kier alpha value is -1.61. The summed E-state index contributed by atoms with van der Waals surface area (Å²) in [5.41, 5.74) is 2.21. The standard InChI is InChI=1S/C13H9BrN2/c14-11-7-4-8-16-12(11)9-15-13(16)10-5-2-1-3-6-10/h1-9H. The van der Waals surface area contributed by atoms with Crippen molar-refractivity contribution in [1.82, 2.24) is 9.38 Å². The van der Waals surface area contributed by atoms with E-state index in [9.17, 15) is 0 Å². The quantitative estimate of drug-likeness (QED) is 0.659. The lowest BCUT2D eigenvalue weighted by Crippen LogP contribution is -1.88. The van der Waals surface area contributed by atoms with Crippen molar-refractivity contribution in [2.24, 2.45) is 0 Å². The third-order valence-electron chi connectivity index (χ3n) is 2.55. The molecule has 0 aliphatic rings. The average molecular weight is 273 g/mol. The van der Waals surface area contributed by atoms with Gasteiger partial charge >= 0.3 is 0 Å². The van der Waals surface area contributed by atoms with Crippen LogP contribution in [0.3, 0.4) is 0 Å². The summed E-state index contributed by atoms with van der Waals surface area (Å²) in [6.07, 6.45) is 3.90. The van der Waals surface area contributed by atoms with Crippen molar-refractivity contribution in [3.8, 4) is 11.4 Å². The number of hydrogen-bond acceptors (Lipinski definition) is 1.